The third-order valence-electron chi connectivity index (χ3n) is 3.08. The van der Waals surface area contributed by atoms with Crippen LogP contribution in [0.5, 0.6) is 5.75 Å². The van der Waals surface area contributed by atoms with Gasteiger partial charge in [0.15, 0.2) is 11.6 Å². The Bertz CT molecular complexity index is 668. The molecule has 0 unspecified atom stereocenters. The second-order valence-electron chi connectivity index (χ2n) is 4.61. The van der Waals surface area contributed by atoms with Crippen LogP contribution in [-0.2, 0) is 10.0 Å². The lowest BCUT2D eigenvalue weighted by Crippen LogP contribution is -2.29. The van der Waals surface area contributed by atoms with Gasteiger partial charge in [-0.1, -0.05) is 11.6 Å². The molecule has 0 bridgehead atoms. The maximum absolute atomic E-state index is 13.6. The highest BCUT2D eigenvalue weighted by Crippen LogP contribution is 2.22. The molecule has 1 aliphatic heterocycles. The SMILES string of the molecule is Cl.O=S(=O)(NCC1=CCNCC1)c1ccc(OC(F)F)c(F)c1. The summed E-state index contributed by atoms with van der Waals surface area (Å²) in [5.74, 6) is -1.86. The predicted octanol–water partition coefficient (Wildman–Crippen LogP) is 2.05. The predicted molar refractivity (Wildman–Crippen MR) is 81.0 cm³/mol. The zero-order valence-corrected chi connectivity index (χ0v) is 13.5. The highest BCUT2D eigenvalue weighted by molar-refractivity contribution is 7.89. The summed E-state index contributed by atoms with van der Waals surface area (Å²) in [5.41, 5.74) is 0.931. The van der Waals surface area contributed by atoms with E-state index in [4.69, 9.17) is 0 Å². The molecule has 0 spiro atoms. The summed E-state index contributed by atoms with van der Waals surface area (Å²) in [5, 5.41) is 3.09. The Morgan fingerprint density at radius 3 is 2.65 bits per heavy atom. The summed E-state index contributed by atoms with van der Waals surface area (Å²) in [6.45, 7) is -1.62. The van der Waals surface area contributed by atoms with Crippen molar-refractivity contribution in [3.8, 4) is 5.75 Å². The van der Waals surface area contributed by atoms with E-state index in [2.05, 4.69) is 14.8 Å². The average molecular weight is 373 g/mol. The van der Waals surface area contributed by atoms with Gasteiger partial charge in [0, 0.05) is 13.1 Å². The van der Waals surface area contributed by atoms with Gasteiger partial charge in [-0.05, 0) is 31.2 Å². The molecular weight excluding hydrogens is 357 g/mol. The summed E-state index contributed by atoms with van der Waals surface area (Å²) < 4.78 is 68.0. The van der Waals surface area contributed by atoms with E-state index >= 15 is 0 Å². The van der Waals surface area contributed by atoms with E-state index < -0.39 is 28.2 Å². The quantitative estimate of drug-likeness (QED) is 0.750. The standard InChI is InChI=1S/C13H15F3N2O3S.ClH/c14-11-7-10(1-2-12(11)21-13(15)16)22(19,20)18-8-9-3-5-17-6-4-9;/h1-3,7,13,17-18H,4-6,8H2;1H. The van der Waals surface area contributed by atoms with Crippen LogP contribution in [0.2, 0.25) is 0 Å². The molecule has 2 N–H and O–H groups in total. The second-order valence-corrected chi connectivity index (χ2v) is 6.38. The maximum Gasteiger partial charge on any atom is 0.387 e. The molecule has 0 atom stereocenters. The van der Waals surface area contributed by atoms with Gasteiger partial charge in [0.2, 0.25) is 10.0 Å². The fourth-order valence-electron chi connectivity index (χ4n) is 1.94. The van der Waals surface area contributed by atoms with Gasteiger partial charge in [-0.3, -0.25) is 0 Å². The third kappa shape index (κ3) is 5.69. The number of hydrogen-bond donors (Lipinski definition) is 2. The number of benzene rings is 1. The minimum atomic E-state index is -3.92. The second kappa shape index (κ2) is 8.53. The van der Waals surface area contributed by atoms with E-state index in [-0.39, 0.29) is 23.8 Å². The first-order valence-corrected chi connectivity index (χ1v) is 7.99. The van der Waals surface area contributed by atoms with E-state index in [9.17, 15) is 21.6 Å². The Morgan fingerprint density at radius 2 is 2.09 bits per heavy atom. The fourth-order valence-corrected chi connectivity index (χ4v) is 2.99. The largest absolute Gasteiger partial charge is 0.432 e. The smallest absolute Gasteiger partial charge is 0.387 e. The monoisotopic (exact) mass is 372 g/mol. The molecule has 0 aromatic heterocycles. The Morgan fingerprint density at radius 1 is 1.35 bits per heavy atom. The van der Waals surface area contributed by atoms with Crippen LogP contribution in [0, 0.1) is 5.82 Å². The molecule has 0 aliphatic carbocycles. The third-order valence-corrected chi connectivity index (χ3v) is 4.48. The molecule has 1 aliphatic rings. The van der Waals surface area contributed by atoms with Gasteiger partial charge < -0.3 is 10.1 Å². The fraction of sp³-hybridized carbons (Fsp3) is 0.385. The summed E-state index contributed by atoms with van der Waals surface area (Å²) in [4.78, 5) is -0.346. The number of ether oxygens (including phenoxy) is 1. The zero-order chi connectivity index (χ0) is 16.2. The first kappa shape index (κ1) is 19.8. The molecule has 1 heterocycles. The number of hydrogen-bond acceptors (Lipinski definition) is 4. The van der Waals surface area contributed by atoms with Crippen LogP contribution >= 0.6 is 12.4 Å². The summed E-state index contributed by atoms with van der Waals surface area (Å²) in [7, 11) is -3.92. The van der Waals surface area contributed by atoms with Gasteiger partial charge in [-0.25, -0.2) is 17.5 Å². The van der Waals surface area contributed by atoms with E-state index in [0.717, 1.165) is 30.7 Å². The Hall–Kier alpha value is -1.29. The van der Waals surface area contributed by atoms with Crippen molar-refractivity contribution in [3.05, 3.63) is 35.7 Å². The number of sulfonamides is 1. The molecule has 0 amide bonds. The normalized spacial score (nSPS) is 15.0. The molecule has 130 valence electrons. The van der Waals surface area contributed by atoms with Crippen LogP contribution in [0.1, 0.15) is 6.42 Å². The molecular formula is C13H16ClF3N2O3S. The van der Waals surface area contributed by atoms with Crippen molar-refractivity contribution in [2.24, 2.45) is 0 Å². The molecule has 0 fully saturated rings. The van der Waals surface area contributed by atoms with Crippen molar-refractivity contribution in [2.75, 3.05) is 19.6 Å². The first-order chi connectivity index (χ1) is 10.4. The Labute approximate surface area is 138 Å². The summed E-state index contributed by atoms with van der Waals surface area (Å²) >= 11 is 0. The number of alkyl halides is 2. The topological polar surface area (TPSA) is 67.4 Å². The van der Waals surface area contributed by atoms with Crippen molar-refractivity contribution < 1.29 is 26.3 Å². The Kier molecular flexibility index (Phi) is 7.33. The molecule has 1 aromatic rings. The lowest BCUT2D eigenvalue weighted by atomic mass is 10.1. The van der Waals surface area contributed by atoms with E-state index in [1.54, 1.807) is 0 Å². The molecule has 10 heteroatoms. The molecule has 0 saturated carbocycles. The van der Waals surface area contributed by atoms with Gasteiger partial charge in [0.05, 0.1) is 4.90 Å². The molecule has 23 heavy (non-hydrogen) atoms. The van der Waals surface area contributed by atoms with Gasteiger partial charge in [-0.15, -0.1) is 12.4 Å². The number of halogens is 4. The minimum absolute atomic E-state index is 0. The maximum atomic E-state index is 13.6. The van der Waals surface area contributed by atoms with E-state index in [1.165, 1.54) is 0 Å². The molecule has 2 rings (SSSR count). The van der Waals surface area contributed by atoms with Crippen LogP contribution < -0.4 is 14.8 Å². The Balaban J connectivity index is 0.00000264. The van der Waals surface area contributed by atoms with Crippen LogP contribution in [0.25, 0.3) is 0 Å². The highest BCUT2D eigenvalue weighted by atomic mass is 35.5. The van der Waals surface area contributed by atoms with Gasteiger partial charge in [-0.2, -0.15) is 8.78 Å². The number of rotatable bonds is 6. The highest BCUT2D eigenvalue weighted by Gasteiger charge is 2.18. The van der Waals surface area contributed by atoms with Gasteiger partial charge >= 0.3 is 6.61 Å². The van der Waals surface area contributed by atoms with Crippen LogP contribution in [-0.4, -0.2) is 34.7 Å². The minimum Gasteiger partial charge on any atom is -0.432 e. The average Bonchev–Trinajstić information content (AvgIpc) is 2.48. The lowest BCUT2D eigenvalue weighted by molar-refractivity contribution is -0.0522. The first-order valence-electron chi connectivity index (χ1n) is 6.51. The summed E-state index contributed by atoms with van der Waals surface area (Å²) in [6.07, 6.45) is 2.60. The molecule has 1 aromatic carbocycles. The van der Waals surface area contributed by atoms with Crippen LogP contribution in [0.15, 0.2) is 34.7 Å². The lowest BCUT2D eigenvalue weighted by Gasteiger charge is -2.15. The van der Waals surface area contributed by atoms with Gasteiger partial charge in [0.1, 0.15) is 0 Å². The van der Waals surface area contributed by atoms with Crippen molar-refractivity contribution in [1.29, 1.82) is 0 Å². The van der Waals surface area contributed by atoms with Crippen molar-refractivity contribution in [1.82, 2.24) is 10.0 Å². The summed E-state index contributed by atoms with van der Waals surface area (Å²) in [6, 6.07) is 2.52. The molecule has 5 nitrogen and oxygen atoms in total. The van der Waals surface area contributed by atoms with Crippen molar-refractivity contribution in [3.63, 3.8) is 0 Å². The van der Waals surface area contributed by atoms with Crippen LogP contribution in [0.3, 0.4) is 0 Å². The van der Waals surface area contributed by atoms with Crippen molar-refractivity contribution >= 4 is 22.4 Å². The van der Waals surface area contributed by atoms with E-state index in [0.29, 0.717) is 12.6 Å². The zero-order valence-electron chi connectivity index (χ0n) is 11.9. The molecule has 0 saturated heterocycles. The van der Waals surface area contributed by atoms with Crippen molar-refractivity contribution in [2.45, 2.75) is 17.9 Å². The molecule has 0 radical (unpaired) electrons. The van der Waals surface area contributed by atoms with Gasteiger partial charge in [0.25, 0.3) is 0 Å². The van der Waals surface area contributed by atoms with Crippen LogP contribution in [0.4, 0.5) is 13.2 Å². The van der Waals surface area contributed by atoms with E-state index in [1.807, 2.05) is 6.08 Å². The number of nitrogens with one attached hydrogen (secondary N) is 2.